The molecule has 4 heteroatoms. The van der Waals surface area contributed by atoms with Crippen molar-refractivity contribution in [1.29, 1.82) is 0 Å². The first kappa shape index (κ1) is 13.5. The molecule has 1 amide bonds. The minimum absolute atomic E-state index is 0.0709. The zero-order chi connectivity index (χ0) is 12.1. The first-order valence-corrected chi connectivity index (χ1v) is 6.18. The standard InChI is InChI=1S/C12H24N2O2/c1-4-16-8-11-5-6-14(7-11)12(15)9(2)10(3)13/h9-11H,4-8,13H2,1-3H3. The molecule has 0 bridgehead atoms. The highest BCUT2D eigenvalue weighted by atomic mass is 16.5. The molecule has 1 aliphatic rings. The number of rotatable bonds is 5. The molecule has 0 aromatic heterocycles. The molecule has 0 aromatic rings. The minimum atomic E-state index is -0.0779. The van der Waals surface area contributed by atoms with Gasteiger partial charge >= 0.3 is 0 Å². The first-order valence-electron chi connectivity index (χ1n) is 6.18. The van der Waals surface area contributed by atoms with Crippen molar-refractivity contribution in [2.24, 2.45) is 17.6 Å². The van der Waals surface area contributed by atoms with Gasteiger partial charge in [-0.2, -0.15) is 0 Å². The average Bonchev–Trinajstić information content (AvgIpc) is 2.72. The summed E-state index contributed by atoms with van der Waals surface area (Å²) in [5.41, 5.74) is 5.75. The summed E-state index contributed by atoms with van der Waals surface area (Å²) >= 11 is 0. The molecule has 1 heterocycles. The zero-order valence-corrected chi connectivity index (χ0v) is 10.6. The molecule has 3 unspecified atom stereocenters. The monoisotopic (exact) mass is 228 g/mol. The van der Waals surface area contributed by atoms with Crippen LogP contribution in [0.3, 0.4) is 0 Å². The van der Waals surface area contributed by atoms with Gasteiger partial charge < -0.3 is 15.4 Å². The van der Waals surface area contributed by atoms with Gasteiger partial charge in [-0.25, -0.2) is 0 Å². The Morgan fingerprint density at radius 1 is 1.56 bits per heavy atom. The van der Waals surface area contributed by atoms with Crippen molar-refractivity contribution in [2.75, 3.05) is 26.3 Å². The maximum atomic E-state index is 12.0. The Kier molecular flexibility index (Phi) is 5.22. The van der Waals surface area contributed by atoms with E-state index in [0.29, 0.717) is 5.92 Å². The lowest BCUT2D eigenvalue weighted by atomic mass is 10.0. The van der Waals surface area contributed by atoms with Crippen LogP contribution in [-0.2, 0) is 9.53 Å². The van der Waals surface area contributed by atoms with E-state index in [0.717, 1.165) is 32.7 Å². The third-order valence-corrected chi connectivity index (χ3v) is 3.33. The average molecular weight is 228 g/mol. The first-order chi connectivity index (χ1) is 7.56. The lowest BCUT2D eigenvalue weighted by Gasteiger charge is -2.23. The summed E-state index contributed by atoms with van der Waals surface area (Å²) in [5.74, 6) is 0.615. The Hall–Kier alpha value is -0.610. The fourth-order valence-electron chi connectivity index (χ4n) is 1.97. The molecule has 3 atom stereocenters. The normalized spacial score (nSPS) is 24.5. The van der Waals surface area contributed by atoms with Crippen LogP contribution in [0.5, 0.6) is 0 Å². The number of carbonyl (C=O) groups is 1. The second kappa shape index (κ2) is 6.21. The Balaban J connectivity index is 2.37. The largest absolute Gasteiger partial charge is 0.381 e. The molecule has 0 aliphatic carbocycles. The van der Waals surface area contributed by atoms with E-state index in [2.05, 4.69) is 0 Å². The van der Waals surface area contributed by atoms with Crippen LogP contribution in [-0.4, -0.2) is 43.2 Å². The van der Waals surface area contributed by atoms with Crippen molar-refractivity contribution in [2.45, 2.75) is 33.2 Å². The van der Waals surface area contributed by atoms with Crippen LogP contribution in [0.1, 0.15) is 27.2 Å². The summed E-state index contributed by atoms with van der Waals surface area (Å²) in [4.78, 5) is 13.9. The van der Waals surface area contributed by atoms with Crippen LogP contribution in [0, 0.1) is 11.8 Å². The van der Waals surface area contributed by atoms with Gasteiger partial charge in [0.1, 0.15) is 0 Å². The summed E-state index contributed by atoms with van der Waals surface area (Å²) in [5, 5.41) is 0. The second-order valence-corrected chi connectivity index (χ2v) is 4.75. The van der Waals surface area contributed by atoms with Crippen molar-refractivity contribution >= 4 is 5.91 Å². The number of nitrogens with two attached hydrogens (primary N) is 1. The van der Waals surface area contributed by atoms with Gasteiger partial charge in [0.25, 0.3) is 0 Å². The van der Waals surface area contributed by atoms with Crippen LogP contribution in [0.4, 0.5) is 0 Å². The fraction of sp³-hybridized carbons (Fsp3) is 0.917. The van der Waals surface area contributed by atoms with E-state index in [4.69, 9.17) is 10.5 Å². The predicted octanol–water partition coefficient (Wildman–Crippen LogP) is 0.855. The molecular formula is C12H24N2O2. The Morgan fingerprint density at radius 2 is 2.25 bits per heavy atom. The zero-order valence-electron chi connectivity index (χ0n) is 10.6. The maximum Gasteiger partial charge on any atom is 0.226 e. The van der Waals surface area contributed by atoms with Crippen LogP contribution >= 0.6 is 0 Å². The predicted molar refractivity (Wildman–Crippen MR) is 64.0 cm³/mol. The van der Waals surface area contributed by atoms with Crippen molar-refractivity contribution in [3.05, 3.63) is 0 Å². The lowest BCUT2D eigenvalue weighted by Crippen LogP contribution is -2.40. The molecule has 1 rings (SSSR count). The molecule has 2 N–H and O–H groups in total. The number of hydrogen-bond acceptors (Lipinski definition) is 3. The lowest BCUT2D eigenvalue weighted by molar-refractivity contribution is -0.134. The van der Waals surface area contributed by atoms with E-state index in [1.54, 1.807) is 0 Å². The molecule has 0 radical (unpaired) electrons. The van der Waals surface area contributed by atoms with E-state index in [1.807, 2.05) is 25.7 Å². The number of ether oxygens (including phenoxy) is 1. The van der Waals surface area contributed by atoms with Gasteiger partial charge in [-0.05, 0) is 20.3 Å². The third kappa shape index (κ3) is 3.46. The van der Waals surface area contributed by atoms with Gasteiger partial charge in [0.05, 0.1) is 12.5 Å². The van der Waals surface area contributed by atoms with Gasteiger partial charge in [-0.1, -0.05) is 6.92 Å². The summed E-state index contributed by atoms with van der Waals surface area (Å²) in [6, 6.07) is -0.0709. The minimum Gasteiger partial charge on any atom is -0.381 e. The SMILES string of the molecule is CCOCC1CCN(C(=O)C(C)C(C)N)C1. The van der Waals surface area contributed by atoms with Gasteiger partial charge in [0.15, 0.2) is 0 Å². The number of likely N-dealkylation sites (tertiary alicyclic amines) is 1. The van der Waals surface area contributed by atoms with Crippen LogP contribution in [0.25, 0.3) is 0 Å². The van der Waals surface area contributed by atoms with E-state index in [9.17, 15) is 4.79 Å². The van der Waals surface area contributed by atoms with Gasteiger partial charge in [0, 0.05) is 31.7 Å². The topological polar surface area (TPSA) is 55.6 Å². The highest BCUT2D eigenvalue weighted by Crippen LogP contribution is 2.19. The molecule has 0 saturated carbocycles. The molecule has 1 saturated heterocycles. The number of hydrogen-bond donors (Lipinski definition) is 1. The number of nitrogens with zero attached hydrogens (tertiary/aromatic N) is 1. The number of amides is 1. The van der Waals surface area contributed by atoms with E-state index in [1.165, 1.54) is 0 Å². The molecule has 4 nitrogen and oxygen atoms in total. The van der Waals surface area contributed by atoms with Crippen LogP contribution in [0.2, 0.25) is 0 Å². The Morgan fingerprint density at radius 3 is 2.81 bits per heavy atom. The molecule has 0 spiro atoms. The second-order valence-electron chi connectivity index (χ2n) is 4.75. The highest BCUT2D eigenvalue weighted by molar-refractivity contribution is 5.79. The van der Waals surface area contributed by atoms with Crippen LogP contribution < -0.4 is 5.73 Å². The smallest absolute Gasteiger partial charge is 0.226 e. The fourth-order valence-corrected chi connectivity index (χ4v) is 1.97. The van der Waals surface area contributed by atoms with Crippen molar-refractivity contribution in [3.8, 4) is 0 Å². The van der Waals surface area contributed by atoms with E-state index < -0.39 is 0 Å². The van der Waals surface area contributed by atoms with Gasteiger partial charge in [-0.15, -0.1) is 0 Å². The maximum absolute atomic E-state index is 12.0. The quantitative estimate of drug-likeness (QED) is 0.759. The molecule has 1 aliphatic heterocycles. The van der Waals surface area contributed by atoms with Gasteiger partial charge in [-0.3, -0.25) is 4.79 Å². The highest BCUT2D eigenvalue weighted by Gasteiger charge is 2.30. The van der Waals surface area contributed by atoms with Gasteiger partial charge in [0.2, 0.25) is 5.91 Å². The molecule has 0 aromatic carbocycles. The van der Waals surface area contributed by atoms with E-state index >= 15 is 0 Å². The third-order valence-electron chi connectivity index (χ3n) is 3.33. The van der Waals surface area contributed by atoms with Crippen molar-refractivity contribution < 1.29 is 9.53 Å². The summed E-state index contributed by atoms with van der Waals surface area (Å²) in [6.45, 7) is 8.99. The molecule has 94 valence electrons. The summed E-state index contributed by atoms with van der Waals surface area (Å²) < 4.78 is 5.39. The Bertz CT molecular complexity index is 231. The van der Waals surface area contributed by atoms with E-state index in [-0.39, 0.29) is 17.9 Å². The Labute approximate surface area is 98.1 Å². The summed E-state index contributed by atoms with van der Waals surface area (Å²) in [6.07, 6.45) is 1.05. The summed E-state index contributed by atoms with van der Waals surface area (Å²) in [7, 11) is 0. The molecule has 16 heavy (non-hydrogen) atoms. The molecular weight excluding hydrogens is 204 g/mol. The van der Waals surface area contributed by atoms with Crippen molar-refractivity contribution in [1.82, 2.24) is 4.90 Å². The van der Waals surface area contributed by atoms with Crippen molar-refractivity contribution in [3.63, 3.8) is 0 Å². The van der Waals surface area contributed by atoms with Crippen LogP contribution in [0.15, 0.2) is 0 Å². The molecule has 1 fully saturated rings. The number of carbonyl (C=O) groups excluding carboxylic acids is 1.